The van der Waals surface area contributed by atoms with E-state index in [9.17, 15) is 24.6 Å². The monoisotopic (exact) mass is 495 g/mol. The number of benzene rings is 2. The summed E-state index contributed by atoms with van der Waals surface area (Å²) < 4.78 is 0. The molecule has 8 heteroatoms. The number of allylic oxidation sites excluding steroid dienone is 2. The number of rotatable bonds is 6. The molecule has 0 saturated carbocycles. The molecule has 0 aliphatic heterocycles. The number of para-hydroxylation sites is 1. The average Bonchev–Trinajstić information content (AvgIpc) is 2.81. The van der Waals surface area contributed by atoms with Crippen molar-refractivity contribution in [1.29, 1.82) is 0 Å². The summed E-state index contributed by atoms with van der Waals surface area (Å²) in [7, 11) is 0. The minimum absolute atomic E-state index is 0.0606. The quantitative estimate of drug-likeness (QED) is 0.431. The molecule has 172 valence electrons. The number of carboxylic acids is 2. The largest absolute Gasteiger partial charge is 0.481 e. The maximum atomic E-state index is 13.5. The van der Waals surface area contributed by atoms with Crippen molar-refractivity contribution in [2.45, 2.75) is 13.3 Å². The fraction of sp³-hybridized carbons (Fsp3) is 0.154. The maximum absolute atomic E-state index is 13.5. The fourth-order valence-corrected chi connectivity index (χ4v) is 4.88. The van der Waals surface area contributed by atoms with Crippen LogP contribution in [0.2, 0.25) is 10.0 Å². The van der Waals surface area contributed by atoms with Crippen LogP contribution in [0.3, 0.4) is 0 Å². The molecule has 0 fully saturated rings. The van der Waals surface area contributed by atoms with Crippen molar-refractivity contribution in [1.82, 2.24) is 4.98 Å². The number of carbonyl (C=O) groups excluding carboxylic acids is 1. The van der Waals surface area contributed by atoms with E-state index in [4.69, 9.17) is 23.2 Å². The predicted molar refractivity (Wildman–Crippen MR) is 129 cm³/mol. The first kappa shape index (κ1) is 23.7. The Morgan fingerprint density at radius 3 is 2.47 bits per heavy atom. The van der Waals surface area contributed by atoms with E-state index in [0.717, 1.165) is 0 Å². The van der Waals surface area contributed by atoms with Gasteiger partial charge in [0.15, 0.2) is 5.78 Å². The molecule has 0 spiro atoms. The van der Waals surface area contributed by atoms with Gasteiger partial charge >= 0.3 is 11.9 Å². The first-order valence-corrected chi connectivity index (χ1v) is 11.1. The van der Waals surface area contributed by atoms with E-state index in [-0.39, 0.29) is 33.4 Å². The molecule has 4 rings (SSSR count). The molecule has 1 aliphatic carbocycles. The Hall–Kier alpha value is -3.48. The summed E-state index contributed by atoms with van der Waals surface area (Å²) >= 11 is 13.1. The molecule has 0 bridgehead atoms. The van der Waals surface area contributed by atoms with E-state index in [1.807, 2.05) is 6.07 Å². The summed E-state index contributed by atoms with van der Waals surface area (Å²) in [5.74, 6) is -3.72. The van der Waals surface area contributed by atoms with E-state index in [1.54, 1.807) is 24.3 Å². The van der Waals surface area contributed by atoms with Crippen LogP contribution >= 0.6 is 23.2 Å². The molecule has 0 radical (unpaired) electrons. The Bertz CT molecular complexity index is 1410. The number of carboxylic acid groups (broad SMARTS) is 2. The van der Waals surface area contributed by atoms with Crippen LogP contribution in [0.1, 0.15) is 28.4 Å². The number of nitrogens with zero attached hydrogens (tertiary/aromatic N) is 1. The lowest BCUT2D eigenvalue weighted by atomic mass is 9.68. The van der Waals surface area contributed by atoms with Crippen LogP contribution in [0.5, 0.6) is 0 Å². The van der Waals surface area contributed by atoms with Gasteiger partial charge in [-0.3, -0.25) is 14.6 Å². The maximum Gasteiger partial charge on any atom is 0.331 e. The van der Waals surface area contributed by atoms with Gasteiger partial charge in [0.1, 0.15) is 0 Å². The van der Waals surface area contributed by atoms with Crippen LogP contribution in [0.15, 0.2) is 72.5 Å². The van der Waals surface area contributed by atoms with Crippen molar-refractivity contribution in [2.75, 3.05) is 0 Å². The van der Waals surface area contributed by atoms with Crippen molar-refractivity contribution in [2.24, 2.45) is 11.3 Å². The molecular weight excluding hydrogens is 477 g/mol. The summed E-state index contributed by atoms with van der Waals surface area (Å²) in [6, 6.07) is 11.8. The minimum Gasteiger partial charge on any atom is -0.481 e. The van der Waals surface area contributed by atoms with Gasteiger partial charge < -0.3 is 10.2 Å². The lowest BCUT2D eigenvalue weighted by molar-refractivity contribution is -0.147. The summed E-state index contributed by atoms with van der Waals surface area (Å²) in [6.07, 6.45) is 5.70. The molecule has 1 aromatic heterocycles. The number of carbonyl (C=O) groups is 3. The SMILES string of the molecule is CC1(C(=O)O)C=CC=C(C(=O)O)C1Cc1c(Cl)ccc(C(=O)c2ccnc3ccccc23)c1Cl. The Morgan fingerprint density at radius 1 is 1.03 bits per heavy atom. The zero-order valence-electron chi connectivity index (χ0n) is 18.0. The van der Waals surface area contributed by atoms with Gasteiger partial charge in [-0.15, -0.1) is 0 Å². The van der Waals surface area contributed by atoms with Gasteiger partial charge in [-0.05, 0) is 43.2 Å². The number of hydrogen-bond acceptors (Lipinski definition) is 4. The zero-order valence-corrected chi connectivity index (χ0v) is 19.5. The summed E-state index contributed by atoms with van der Waals surface area (Å²) in [6.45, 7) is 1.45. The van der Waals surface area contributed by atoms with Crippen molar-refractivity contribution >= 4 is 51.8 Å². The van der Waals surface area contributed by atoms with Gasteiger partial charge in [-0.1, -0.05) is 59.6 Å². The number of aromatic nitrogens is 1. The number of hydrogen-bond donors (Lipinski definition) is 2. The second kappa shape index (κ2) is 9.05. The van der Waals surface area contributed by atoms with Gasteiger partial charge in [0, 0.05) is 39.2 Å². The molecule has 2 aromatic carbocycles. The molecule has 2 N–H and O–H groups in total. The Labute approximate surface area is 205 Å². The Kier molecular flexibility index (Phi) is 6.30. The Morgan fingerprint density at radius 2 is 1.76 bits per heavy atom. The molecule has 6 nitrogen and oxygen atoms in total. The molecule has 2 atom stereocenters. The van der Waals surface area contributed by atoms with Gasteiger partial charge in [-0.25, -0.2) is 4.79 Å². The third kappa shape index (κ3) is 4.00. The normalized spacial score (nSPS) is 19.6. The average molecular weight is 496 g/mol. The number of pyridine rings is 1. The third-order valence-electron chi connectivity index (χ3n) is 6.26. The highest BCUT2D eigenvalue weighted by Crippen LogP contribution is 2.43. The van der Waals surface area contributed by atoms with Gasteiger partial charge in [0.25, 0.3) is 0 Å². The Balaban J connectivity index is 1.81. The van der Waals surface area contributed by atoms with E-state index in [2.05, 4.69) is 4.98 Å². The van der Waals surface area contributed by atoms with Crippen LogP contribution in [-0.4, -0.2) is 32.9 Å². The van der Waals surface area contributed by atoms with Crippen molar-refractivity contribution < 1.29 is 24.6 Å². The number of fused-ring (bicyclic) bond motifs is 1. The molecule has 1 aliphatic rings. The molecule has 0 amide bonds. The molecule has 34 heavy (non-hydrogen) atoms. The number of ketones is 1. The molecular formula is C26H19Cl2NO5. The minimum atomic E-state index is -1.50. The molecule has 0 saturated heterocycles. The fourth-order valence-electron chi connectivity index (χ4n) is 4.27. The lowest BCUT2D eigenvalue weighted by Crippen LogP contribution is -2.39. The van der Waals surface area contributed by atoms with Gasteiger partial charge in [0.2, 0.25) is 0 Å². The number of aliphatic carboxylic acids is 2. The summed E-state index contributed by atoms with van der Waals surface area (Å²) in [4.78, 5) is 41.8. The van der Waals surface area contributed by atoms with Crippen molar-refractivity contribution in [3.8, 4) is 0 Å². The molecule has 1 heterocycles. The number of halogens is 2. The highest BCUT2D eigenvalue weighted by Gasteiger charge is 2.45. The summed E-state index contributed by atoms with van der Waals surface area (Å²) in [5.41, 5.74) is -0.0225. The molecule has 3 aromatic rings. The zero-order chi connectivity index (χ0) is 24.6. The van der Waals surface area contributed by atoms with Crippen LogP contribution in [0.25, 0.3) is 10.9 Å². The van der Waals surface area contributed by atoms with E-state index in [1.165, 1.54) is 43.5 Å². The second-order valence-corrected chi connectivity index (χ2v) is 9.01. The van der Waals surface area contributed by atoms with Crippen LogP contribution < -0.4 is 0 Å². The first-order chi connectivity index (χ1) is 16.1. The van der Waals surface area contributed by atoms with Crippen molar-refractivity contribution in [3.05, 3.63) is 99.2 Å². The smallest absolute Gasteiger partial charge is 0.331 e. The van der Waals surface area contributed by atoms with E-state index >= 15 is 0 Å². The first-order valence-electron chi connectivity index (χ1n) is 10.4. The second-order valence-electron chi connectivity index (χ2n) is 8.22. The third-order valence-corrected chi connectivity index (χ3v) is 7.04. The van der Waals surface area contributed by atoms with E-state index in [0.29, 0.717) is 22.0 Å². The van der Waals surface area contributed by atoms with Crippen LogP contribution in [0, 0.1) is 11.3 Å². The van der Waals surface area contributed by atoms with Crippen LogP contribution in [0.4, 0.5) is 0 Å². The molecule has 2 unspecified atom stereocenters. The topological polar surface area (TPSA) is 105 Å². The standard InChI is InChI=1S/C26H19Cl2NO5/c1-26(25(33)34)11-4-6-16(24(31)32)19(26)13-18-20(27)9-8-17(22(18)28)23(30)15-10-12-29-21-7-3-2-5-14(15)21/h2-12,19H,13H2,1H3,(H,31,32)(H,33,34). The van der Waals surface area contributed by atoms with Crippen molar-refractivity contribution in [3.63, 3.8) is 0 Å². The van der Waals surface area contributed by atoms with Gasteiger partial charge in [0.05, 0.1) is 16.0 Å². The van der Waals surface area contributed by atoms with Gasteiger partial charge in [-0.2, -0.15) is 0 Å². The lowest BCUT2D eigenvalue weighted by Gasteiger charge is -2.34. The van der Waals surface area contributed by atoms with Crippen LogP contribution in [-0.2, 0) is 16.0 Å². The summed E-state index contributed by atoms with van der Waals surface area (Å²) in [5, 5.41) is 20.5. The highest BCUT2D eigenvalue weighted by molar-refractivity contribution is 6.39. The predicted octanol–water partition coefficient (Wildman–Crippen LogP) is 5.60. The van der Waals surface area contributed by atoms with E-state index < -0.39 is 23.3 Å². The highest BCUT2D eigenvalue weighted by atomic mass is 35.5.